The number of aromatic nitrogens is 5. The van der Waals surface area contributed by atoms with Gasteiger partial charge in [0.15, 0.2) is 11.2 Å². The first kappa shape index (κ1) is 18.0. The molecule has 3 aromatic heterocycles. The Morgan fingerprint density at radius 1 is 0.966 bits per heavy atom. The Labute approximate surface area is 167 Å². The average Bonchev–Trinajstić information content (AvgIpc) is 3.28. The third kappa shape index (κ3) is 2.60. The second kappa shape index (κ2) is 6.47. The van der Waals surface area contributed by atoms with Crippen molar-refractivity contribution in [1.29, 1.82) is 0 Å². The second-order valence-corrected chi connectivity index (χ2v) is 8.20. The molecule has 1 saturated carbocycles. The molecule has 1 aliphatic carbocycles. The zero-order chi connectivity index (χ0) is 20.3. The largest absolute Gasteiger partial charge is 0.332 e. The fourth-order valence-electron chi connectivity index (χ4n) is 4.62. The van der Waals surface area contributed by atoms with Crippen LogP contribution in [-0.4, -0.2) is 23.1 Å². The van der Waals surface area contributed by atoms with Gasteiger partial charge in [-0.05, 0) is 25.3 Å². The molecule has 0 N–H and O–H groups in total. The van der Waals surface area contributed by atoms with Crippen LogP contribution in [0.5, 0.6) is 0 Å². The van der Waals surface area contributed by atoms with Crippen molar-refractivity contribution >= 4 is 16.9 Å². The van der Waals surface area contributed by atoms with E-state index in [2.05, 4.69) is 35.8 Å². The van der Waals surface area contributed by atoms with Crippen LogP contribution < -0.4 is 11.2 Å². The van der Waals surface area contributed by atoms with Crippen molar-refractivity contribution in [3.63, 3.8) is 0 Å². The summed E-state index contributed by atoms with van der Waals surface area (Å²) in [5.74, 6) is 0.737. The van der Waals surface area contributed by atoms with Crippen LogP contribution in [0.25, 0.3) is 28.2 Å². The van der Waals surface area contributed by atoms with E-state index < -0.39 is 0 Å². The molecule has 0 saturated heterocycles. The zero-order valence-electron chi connectivity index (χ0n) is 17.1. The summed E-state index contributed by atoms with van der Waals surface area (Å²) in [4.78, 5) is 30.1. The van der Waals surface area contributed by atoms with Crippen LogP contribution in [0.4, 0.5) is 0 Å². The number of rotatable bonds is 2. The van der Waals surface area contributed by atoms with Crippen LogP contribution >= 0.6 is 0 Å². The van der Waals surface area contributed by atoms with Crippen LogP contribution in [0.1, 0.15) is 43.7 Å². The van der Waals surface area contributed by atoms with Gasteiger partial charge in [0.2, 0.25) is 5.78 Å². The van der Waals surface area contributed by atoms with Gasteiger partial charge < -0.3 is 4.57 Å². The van der Waals surface area contributed by atoms with Crippen molar-refractivity contribution in [1.82, 2.24) is 23.1 Å². The van der Waals surface area contributed by atoms with Crippen LogP contribution in [0.15, 0.2) is 40.1 Å². The molecule has 5 rings (SSSR count). The van der Waals surface area contributed by atoms with Gasteiger partial charge in [0.25, 0.3) is 5.56 Å². The first-order valence-electron chi connectivity index (χ1n) is 10.2. The molecular weight excluding hydrogens is 366 g/mol. The molecule has 0 aliphatic heterocycles. The maximum absolute atomic E-state index is 12.9. The fourth-order valence-corrected chi connectivity index (χ4v) is 4.62. The lowest BCUT2D eigenvalue weighted by atomic mass is 9.95. The molecular formula is C22H25N5O2. The van der Waals surface area contributed by atoms with Gasteiger partial charge in [-0.3, -0.25) is 18.3 Å². The van der Waals surface area contributed by atoms with Gasteiger partial charge in [0.1, 0.15) is 0 Å². The smallest absolute Gasteiger partial charge is 0.306 e. The summed E-state index contributed by atoms with van der Waals surface area (Å²) in [6.45, 7) is 2.08. The Hall–Kier alpha value is -3.09. The van der Waals surface area contributed by atoms with Gasteiger partial charge in [-0.15, -0.1) is 0 Å². The van der Waals surface area contributed by atoms with E-state index in [0.29, 0.717) is 17.2 Å². The summed E-state index contributed by atoms with van der Waals surface area (Å²) in [6, 6.07) is 8.81. The average molecular weight is 391 g/mol. The van der Waals surface area contributed by atoms with E-state index in [0.717, 1.165) is 34.4 Å². The highest BCUT2D eigenvalue weighted by atomic mass is 16.2. The Balaban J connectivity index is 1.88. The lowest BCUT2D eigenvalue weighted by molar-refractivity contribution is 0.361. The molecule has 0 spiro atoms. The maximum Gasteiger partial charge on any atom is 0.332 e. The van der Waals surface area contributed by atoms with E-state index >= 15 is 0 Å². The standard InChI is InChI=1S/C22H25N5O2/c1-14-9-11-15(12-10-14)17-13-26-18-19(24(2)22(29)25(3)20(18)28)23-21(26)27(17)16-7-5-4-6-8-16/h9-13,16H,4-8H2,1-3H3. The molecule has 1 aliphatic rings. The predicted octanol–water partition coefficient (Wildman–Crippen LogP) is 3.17. The number of hydrogen-bond acceptors (Lipinski definition) is 3. The van der Waals surface area contributed by atoms with Gasteiger partial charge >= 0.3 is 5.69 Å². The molecule has 0 radical (unpaired) electrons. The Morgan fingerprint density at radius 2 is 1.66 bits per heavy atom. The molecule has 7 nitrogen and oxygen atoms in total. The normalized spacial score (nSPS) is 15.6. The van der Waals surface area contributed by atoms with E-state index in [4.69, 9.17) is 4.98 Å². The van der Waals surface area contributed by atoms with Crippen LogP contribution in [-0.2, 0) is 14.1 Å². The first-order chi connectivity index (χ1) is 14.0. The van der Waals surface area contributed by atoms with Gasteiger partial charge in [-0.25, -0.2) is 4.79 Å². The third-order valence-corrected chi connectivity index (χ3v) is 6.29. The van der Waals surface area contributed by atoms with Crippen molar-refractivity contribution in [2.75, 3.05) is 0 Å². The molecule has 150 valence electrons. The summed E-state index contributed by atoms with van der Waals surface area (Å²) >= 11 is 0. The van der Waals surface area contributed by atoms with Crippen LogP contribution in [0, 0.1) is 6.92 Å². The number of hydrogen-bond donors (Lipinski definition) is 0. The highest BCUT2D eigenvalue weighted by Crippen LogP contribution is 2.35. The Kier molecular flexibility index (Phi) is 4.01. The third-order valence-electron chi connectivity index (χ3n) is 6.29. The lowest BCUT2D eigenvalue weighted by Gasteiger charge is -2.25. The van der Waals surface area contributed by atoms with Gasteiger partial charge in [0, 0.05) is 26.3 Å². The number of imidazole rings is 2. The lowest BCUT2D eigenvalue weighted by Crippen LogP contribution is -2.37. The highest BCUT2D eigenvalue weighted by Gasteiger charge is 2.25. The minimum Gasteiger partial charge on any atom is -0.306 e. The number of fused-ring (bicyclic) bond motifs is 3. The molecule has 1 fully saturated rings. The second-order valence-electron chi connectivity index (χ2n) is 8.20. The van der Waals surface area contributed by atoms with E-state index in [9.17, 15) is 9.59 Å². The summed E-state index contributed by atoms with van der Waals surface area (Å²) in [6.07, 6.45) is 7.87. The molecule has 4 aromatic rings. The number of benzene rings is 1. The van der Waals surface area contributed by atoms with E-state index in [1.807, 2.05) is 10.6 Å². The minimum atomic E-state index is -0.355. The molecule has 29 heavy (non-hydrogen) atoms. The van der Waals surface area contributed by atoms with E-state index in [1.54, 1.807) is 7.05 Å². The summed E-state index contributed by atoms with van der Waals surface area (Å²) in [5, 5.41) is 0. The van der Waals surface area contributed by atoms with Gasteiger partial charge in [0.05, 0.1) is 5.69 Å². The molecule has 0 unspecified atom stereocenters. The summed E-state index contributed by atoms with van der Waals surface area (Å²) in [5.41, 5.74) is 3.61. The van der Waals surface area contributed by atoms with Gasteiger partial charge in [-0.2, -0.15) is 4.98 Å². The Morgan fingerprint density at radius 3 is 2.34 bits per heavy atom. The molecule has 0 atom stereocenters. The first-order valence-corrected chi connectivity index (χ1v) is 10.2. The molecule has 0 amide bonds. The van der Waals surface area contributed by atoms with Gasteiger partial charge in [-0.1, -0.05) is 49.1 Å². The van der Waals surface area contributed by atoms with Crippen molar-refractivity contribution in [3.05, 3.63) is 56.9 Å². The van der Waals surface area contributed by atoms with Crippen molar-refractivity contribution in [2.24, 2.45) is 14.1 Å². The number of nitrogens with zero attached hydrogens (tertiary/aromatic N) is 5. The van der Waals surface area contributed by atoms with Crippen molar-refractivity contribution < 1.29 is 0 Å². The molecule has 0 bridgehead atoms. The molecule has 1 aromatic carbocycles. The van der Waals surface area contributed by atoms with Crippen molar-refractivity contribution in [2.45, 2.75) is 45.1 Å². The molecule has 7 heteroatoms. The monoisotopic (exact) mass is 391 g/mol. The minimum absolute atomic E-state index is 0.313. The van der Waals surface area contributed by atoms with Crippen LogP contribution in [0.2, 0.25) is 0 Å². The van der Waals surface area contributed by atoms with E-state index in [-0.39, 0.29) is 11.2 Å². The van der Waals surface area contributed by atoms with E-state index in [1.165, 1.54) is 36.4 Å². The maximum atomic E-state index is 12.9. The fraction of sp³-hybridized carbons (Fsp3) is 0.409. The SMILES string of the molecule is Cc1ccc(-c2cn3c4c(=O)n(C)c(=O)n(C)c4nc3n2C2CCCCC2)cc1. The topological polar surface area (TPSA) is 66.2 Å². The number of aryl methyl sites for hydroxylation is 2. The summed E-state index contributed by atoms with van der Waals surface area (Å²) < 4.78 is 6.77. The predicted molar refractivity (Wildman–Crippen MR) is 113 cm³/mol. The van der Waals surface area contributed by atoms with Crippen LogP contribution in [0.3, 0.4) is 0 Å². The zero-order valence-corrected chi connectivity index (χ0v) is 17.1. The summed E-state index contributed by atoms with van der Waals surface area (Å²) in [7, 11) is 3.19. The highest BCUT2D eigenvalue weighted by molar-refractivity contribution is 5.78. The quantitative estimate of drug-likeness (QED) is 0.527. The Bertz CT molecular complexity index is 1340. The van der Waals surface area contributed by atoms with Crippen molar-refractivity contribution in [3.8, 4) is 11.3 Å². The molecule has 3 heterocycles.